The summed E-state index contributed by atoms with van der Waals surface area (Å²) in [6, 6.07) is 7.46. The Morgan fingerprint density at radius 3 is 2.48 bits per heavy atom. The molecule has 1 saturated heterocycles. The van der Waals surface area contributed by atoms with Gasteiger partial charge < -0.3 is 15.8 Å². The number of amides is 1. The first-order chi connectivity index (χ1) is 19.8. The van der Waals surface area contributed by atoms with Crippen LogP contribution in [0, 0.1) is 29.8 Å². The van der Waals surface area contributed by atoms with E-state index in [1.54, 1.807) is 26.0 Å². The molecule has 0 aromatic heterocycles. The quantitative estimate of drug-likeness (QED) is 0.104. The van der Waals surface area contributed by atoms with Crippen molar-refractivity contribution in [1.82, 2.24) is 5.32 Å². The summed E-state index contributed by atoms with van der Waals surface area (Å²) >= 11 is 12.1. The number of methoxy groups -OCH3 is 1. The third-order valence-corrected chi connectivity index (χ3v) is 7.89. The van der Waals surface area contributed by atoms with E-state index in [1.807, 2.05) is 0 Å². The fraction of sp³-hybridized carbons (Fsp3) is 0.276. The average Bonchev–Trinajstić information content (AvgIpc) is 3.31. The summed E-state index contributed by atoms with van der Waals surface area (Å²) in [6.45, 7) is 3.33. The molecule has 4 rings (SSSR count). The summed E-state index contributed by atoms with van der Waals surface area (Å²) in [5, 5.41) is 18.2. The number of nitrogens with one attached hydrogen (secondary N) is 2. The van der Waals surface area contributed by atoms with Crippen molar-refractivity contribution in [3.63, 3.8) is 0 Å². The second-order valence-electron chi connectivity index (χ2n) is 10.0. The lowest BCUT2D eigenvalue weighted by atomic mass is 9.84. The number of aryl methyl sites for hydroxylation is 2. The summed E-state index contributed by atoms with van der Waals surface area (Å²) in [5.41, 5.74) is 7.56. The number of anilines is 2. The first-order valence-electron chi connectivity index (χ1n) is 12.8. The molecule has 3 aromatic rings. The lowest BCUT2D eigenvalue weighted by Crippen LogP contribution is -2.42. The fourth-order valence-electron chi connectivity index (χ4n) is 5.26. The zero-order valence-corrected chi connectivity index (χ0v) is 24.3. The Balaban J connectivity index is 1.73. The highest BCUT2D eigenvalue weighted by molar-refractivity contribution is 6.31. The number of ether oxygens (including phenoxy) is 1. The number of hydrogen-bond donors (Lipinski definition) is 3. The van der Waals surface area contributed by atoms with E-state index < -0.39 is 58.9 Å². The smallest absolute Gasteiger partial charge is 0.338 e. The van der Waals surface area contributed by atoms with E-state index >= 15 is 4.39 Å². The van der Waals surface area contributed by atoms with Crippen LogP contribution in [0.25, 0.3) is 0 Å². The van der Waals surface area contributed by atoms with Crippen LogP contribution in [0.3, 0.4) is 0 Å². The van der Waals surface area contributed by atoms with Gasteiger partial charge in [-0.05, 0) is 55.3 Å². The highest BCUT2D eigenvalue weighted by Gasteiger charge is 2.55. The van der Waals surface area contributed by atoms with Crippen LogP contribution in [0.4, 0.5) is 15.8 Å². The molecule has 3 aromatic carbocycles. The first kappa shape index (κ1) is 30.9. The molecule has 0 saturated carbocycles. The van der Waals surface area contributed by atoms with Crippen LogP contribution in [0.5, 0.6) is 0 Å². The van der Waals surface area contributed by atoms with Gasteiger partial charge in [-0.1, -0.05) is 41.4 Å². The van der Waals surface area contributed by atoms with Gasteiger partial charge in [0.05, 0.1) is 29.7 Å². The summed E-state index contributed by atoms with van der Waals surface area (Å²) in [6.07, 6.45) is -0.453. The third-order valence-electron chi connectivity index (χ3n) is 7.36. The van der Waals surface area contributed by atoms with Gasteiger partial charge >= 0.3 is 5.97 Å². The summed E-state index contributed by atoms with van der Waals surface area (Å²) in [4.78, 5) is 50.9. The van der Waals surface area contributed by atoms with Gasteiger partial charge in [0.2, 0.25) is 11.9 Å². The highest BCUT2D eigenvalue weighted by atomic mass is 35.5. The third kappa shape index (κ3) is 6.08. The molecule has 4 N–H and O–H groups in total. The maximum absolute atomic E-state index is 15.3. The largest absolute Gasteiger partial charge is 0.465 e. The highest BCUT2D eigenvalue weighted by Crippen LogP contribution is 2.39. The second kappa shape index (κ2) is 12.4. The van der Waals surface area contributed by atoms with Crippen LogP contribution in [0.1, 0.15) is 49.7 Å². The average molecular weight is 617 g/mol. The number of nitro groups is 1. The van der Waals surface area contributed by atoms with Gasteiger partial charge in [-0.15, -0.1) is 0 Å². The Kier molecular flexibility index (Phi) is 9.15. The molecule has 0 bridgehead atoms. The topological polar surface area (TPSA) is 154 Å². The minimum absolute atomic E-state index is 0.0233. The SMILES string of the molecule is COC(=O)c1cc(N)c(C(=O)C[C@@H]2N[C@@H](C(=O)Nc3cc(Cl)ccc3C)[C@@H](c3cccc(Cl)c3F)[C@@H]2[N+](=O)[O-])cc1C. The van der Waals surface area contributed by atoms with Crippen molar-refractivity contribution in [2.75, 3.05) is 18.2 Å². The number of esters is 1. The van der Waals surface area contributed by atoms with Crippen LogP contribution in [0.2, 0.25) is 10.0 Å². The van der Waals surface area contributed by atoms with E-state index in [0.717, 1.165) is 0 Å². The monoisotopic (exact) mass is 616 g/mol. The summed E-state index contributed by atoms with van der Waals surface area (Å²) in [7, 11) is 1.21. The zero-order valence-electron chi connectivity index (χ0n) is 22.7. The molecule has 42 heavy (non-hydrogen) atoms. The Hall–Kier alpha value is -4.06. The molecule has 10 nitrogen and oxygen atoms in total. The van der Waals surface area contributed by atoms with Crippen molar-refractivity contribution in [3.8, 4) is 0 Å². The van der Waals surface area contributed by atoms with Crippen LogP contribution in [0.15, 0.2) is 48.5 Å². The molecule has 1 amide bonds. The number of nitrogen functional groups attached to an aromatic ring is 1. The van der Waals surface area contributed by atoms with Gasteiger partial charge in [-0.3, -0.25) is 25.0 Å². The predicted octanol–water partition coefficient (Wildman–Crippen LogP) is 5.10. The number of nitrogens with zero attached hydrogens (tertiary/aromatic N) is 1. The predicted molar refractivity (Wildman–Crippen MR) is 156 cm³/mol. The van der Waals surface area contributed by atoms with Crippen LogP contribution in [-0.2, 0) is 9.53 Å². The zero-order chi connectivity index (χ0) is 30.9. The Labute approximate surface area is 250 Å². The van der Waals surface area contributed by atoms with Gasteiger partial charge in [0, 0.05) is 38.9 Å². The maximum Gasteiger partial charge on any atom is 0.338 e. The van der Waals surface area contributed by atoms with E-state index in [4.69, 9.17) is 33.7 Å². The molecule has 0 radical (unpaired) electrons. The van der Waals surface area contributed by atoms with Gasteiger partial charge in [0.25, 0.3) is 0 Å². The molecule has 1 heterocycles. The van der Waals surface area contributed by atoms with Crippen molar-refractivity contribution in [1.29, 1.82) is 0 Å². The molecule has 220 valence electrons. The van der Waals surface area contributed by atoms with E-state index in [0.29, 0.717) is 21.8 Å². The number of rotatable bonds is 8. The van der Waals surface area contributed by atoms with Gasteiger partial charge in [-0.25, -0.2) is 9.18 Å². The van der Waals surface area contributed by atoms with Gasteiger partial charge in [0.15, 0.2) is 5.78 Å². The fourth-order valence-corrected chi connectivity index (χ4v) is 5.62. The molecule has 1 aliphatic rings. The number of carbonyl (C=O) groups is 3. The Bertz CT molecular complexity index is 1600. The maximum atomic E-state index is 15.3. The number of carbonyl (C=O) groups excluding carboxylic acids is 3. The number of nitrogens with two attached hydrogens (primary N) is 1. The Morgan fingerprint density at radius 2 is 1.81 bits per heavy atom. The molecule has 0 aliphatic carbocycles. The number of hydrogen-bond acceptors (Lipinski definition) is 8. The number of Topliss-reactive ketones (excluding diaryl/α,β-unsaturated/α-hetero) is 1. The number of halogens is 3. The van der Waals surface area contributed by atoms with Crippen molar-refractivity contribution in [2.45, 2.75) is 44.3 Å². The molecule has 4 atom stereocenters. The molecule has 1 fully saturated rings. The standard InChI is InChI=1S/C29H27Cl2FN4O6/c1-13-7-8-15(30)10-21(13)35-28(38)26-24(16-5-4-6-19(31)25(16)32)27(36(40)41)22(34-26)12-23(37)18-9-14(2)17(11-20(18)33)29(39)42-3/h4-11,22,24,26-27,34H,12,33H2,1-3H3,(H,35,38)/t22-,24+,26+,27+/m0/s1. The normalized spacial score (nSPS) is 19.8. The molecule has 1 aliphatic heterocycles. The summed E-state index contributed by atoms with van der Waals surface area (Å²) in [5.74, 6) is -4.14. The second-order valence-corrected chi connectivity index (χ2v) is 10.9. The van der Waals surface area contributed by atoms with Crippen molar-refractivity contribution >= 4 is 52.2 Å². The van der Waals surface area contributed by atoms with Crippen LogP contribution >= 0.6 is 23.2 Å². The van der Waals surface area contributed by atoms with E-state index in [2.05, 4.69) is 10.6 Å². The summed E-state index contributed by atoms with van der Waals surface area (Å²) < 4.78 is 20.0. The Morgan fingerprint density at radius 1 is 1.10 bits per heavy atom. The van der Waals surface area contributed by atoms with Crippen molar-refractivity contribution < 1.29 is 28.4 Å². The van der Waals surface area contributed by atoms with Crippen LogP contribution < -0.4 is 16.4 Å². The van der Waals surface area contributed by atoms with Gasteiger partial charge in [0.1, 0.15) is 11.9 Å². The molecule has 13 heteroatoms. The van der Waals surface area contributed by atoms with Gasteiger partial charge in [-0.2, -0.15) is 0 Å². The molecular weight excluding hydrogens is 590 g/mol. The molecule has 0 spiro atoms. The van der Waals surface area contributed by atoms with E-state index in [9.17, 15) is 24.5 Å². The minimum atomic E-state index is -1.60. The number of ketones is 1. The molecular formula is C29H27Cl2FN4O6. The lowest BCUT2D eigenvalue weighted by molar-refractivity contribution is -0.526. The van der Waals surface area contributed by atoms with E-state index in [1.165, 1.54) is 43.5 Å². The van der Waals surface area contributed by atoms with Crippen molar-refractivity contribution in [2.24, 2.45) is 0 Å². The van der Waals surface area contributed by atoms with E-state index in [-0.39, 0.29) is 27.4 Å². The number of benzene rings is 3. The lowest BCUT2D eigenvalue weighted by Gasteiger charge is -2.21. The van der Waals surface area contributed by atoms with Crippen LogP contribution in [-0.4, -0.2) is 47.8 Å². The minimum Gasteiger partial charge on any atom is -0.465 e. The first-order valence-corrected chi connectivity index (χ1v) is 13.5. The molecule has 0 unspecified atom stereocenters. The van der Waals surface area contributed by atoms with Crippen molar-refractivity contribution in [3.05, 3.63) is 102 Å².